The van der Waals surface area contributed by atoms with Crippen molar-refractivity contribution >= 4 is 11.8 Å². The molecule has 0 aliphatic carbocycles. The molecular formula is C18H33N3O4. The average molecular weight is 355 g/mol. The summed E-state index contributed by atoms with van der Waals surface area (Å²) < 4.78 is 10.2. The van der Waals surface area contributed by atoms with Gasteiger partial charge in [0.1, 0.15) is 11.7 Å². The van der Waals surface area contributed by atoms with E-state index in [4.69, 9.17) is 15.0 Å². The highest BCUT2D eigenvalue weighted by Crippen LogP contribution is 2.17. The van der Waals surface area contributed by atoms with Crippen LogP contribution < -0.4 is 0 Å². The van der Waals surface area contributed by atoms with Crippen LogP contribution in [0.15, 0.2) is 5.11 Å². The molecule has 2 atom stereocenters. The first kappa shape index (κ1) is 23.4. The van der Waals surface area contributed by atoms with E-state index < -0.39 is 18.0 Å². The highest BCUT2D eigenvalue weighted by molar-refractivity contribution is 5.99. The molecule has 0 aromatic rings. The zero-order valence-electron chi connectivity index (χ0n) is 15.9. The van der Waals surface area contributed by atoms with Crippen molar-refractivity contribution in [2.24, 2.45) is 11.0 Å². The summed E-state index contributed by atoms with van der Waals surface area (Å²) in [6.07, 6.45) is 8.58. The number of hydrogen-bond acceptors (Lipinski definition) is 5. The van der Waals surface area contributed by atoms with Crippen LogP contribution in [0.3, 0.4) is 0 Å². The lowest BCUT2D eigenvalue weighted by molar-refractivity contribution is -0.157. The van der Waals surface area contributed by atoms with Gasteiger partial charge in [0, 0.05) is 18.4 Å². The van der Waals surface area contributed by atoms with Crippen LogP contribution in [0.4, 0.5) is 0 Å². The summed E-state index contributed by atoms with van der Waals surface area (Å²) in [4.78, 5) is 27.3. The summed E-state index contributed by atoms with van der Waals surface area (Å²) >= 11 is 0. The van der Waals surface area contributed by atoms with Crippen LogP contribution in [0.5, 0.6) is 0 Å². The van der Waals surface area contributed by atoms with E-state index in [1.807, 2.05) is 0 Å². The minimum atomic E-state index is -1.03. The van der Waals surface area contributed by atoms with Crippen LogP contribution in [-0.4, -0.2) is 38.1 Å². The van der Waals surface area contributed by atoms with Crippen LogP contribution in [0.1, 0.15) is 71.6 Å². The molecule has 0 amide bonds. The first-order chi connectivity index (χ1) is 12.1. The Morgan fingerprint density at radius 1 is 1.04 bits per heavy atom. The summed E-state index contributed by atoms with van der Waals surface area (Å²) in [5.41, 5.74) is 8.45. The molecule has 0 heterocycles. The molecule has 0 saturated heterocycles. The normalized spacial score (nSPS) is 12.9. The van der Waals surface area contributed by atoms with Crippen LogP contribution in [-0.2, 0) is 19.1 Å². The fraction of sp³-hybridized carbons (Fsp3) is 0.889. The second-order valence-electron chi connectivity index (χ2n) is 6.11. The maximum absolute atomic E-state index is 12.5. The molecule has 0 N–H and O–H groups in total. The van der Waals surface area contributed by atoms with Crippen molar-refractivity contribution in [1.82, 2.24) is 0 Å². The number of unbranched alkanes of at least 4 members (excludes halogenated alkanes) is 7. The lowest BCUT2D eigenvalue weighted by Crippen LogP contribution is -2.39. The second kappa shape index (κ2) is 15.9. The molecule has 0 fully saturated rings. The van der Waals surface area contributed by atoms with Crippen LogP contribution in [0.2, 0.25) is 0 Å². The number of azide groups is 1. The number of hydrogen-bond donors (Lipinski definition) is 0. The monoisotopic (exact) mass is 355 g/mol. The average Bonchev–Trinajstić information content (AvgIpc) is 2.60. The number of methoxy groups -OCH3 is 1. The van der Waals surface area contributed by atoms with Gasteiger partial charge in [-0.3, -0.25) is 9.59 Å². The van der Waals surface area contributed by atoms with E-state index in [0.29, 0.717) is 6.42 Å². The first-order valence-electron chi connectivity index (χ1n) is 9.35. The Morgan fingerprint density at radius 2 is 1.64 bits per heavy atom. The Kier molecular flexibility index (Phi) is 14.9. The zero-order chi connectivity index (χ0) is 18.9. The predicted octanol–water partition coefficient (Wildman–Crippen LogP) is 4.59. The number of ketones is 1. The van der Waals surface area contributed by atoms with Gasteiger partial charge in [-0.25, -0.2) is 0 Å². The molecule has 25 heavy (non-hydrogen) atoms. The predicted molar refractivity (Wildman–Crippen MR) is 97.2 cm³/mol. The SMILES string of the molecule is CCCCCCCCCCC(=O)C(C(=O)OCC)C(CN=[N+]=[N-])OC. The van der Waals surface area contributed by atoms with Gasteiger partial charge < -0.3 is 9.47 Å². The van der Waals surface area contributed by atoms with Crippen molar-refractivity contribution in [3.63, 3.8) is 0 Å². The lowest BCUT2D eigenvalue weighted by Gasteiger charge is -2.22. The molecule has 144 valence electrons. The minimum absolute atomic E-state index is 0.0698. The molecular weight excluding hydrogens is 322 g/mol. The van der Waals surface area contributed by atoms with E-state index in [-0.39, 0.29) is 18.9 Å². The largest absolute Gasteiger partial charge is 0.465 e. The smallest absolute Gasteiger partial charge is 0.319 e. The molecule has 0 aromatic heterocycles. The fourth-order valence-corrected chi connectivity index (χ4v) is 2.74. The van der Waals surface area contributed by atoms with E-state index >= 15 is 0 Å². The molecule has 0 aliphatic rings. The molecule has 7 nitrogen and oxygen atoms in total. The third-order valence-electron chi connectivity index (χ3n) is 4.16. The summed E-state index contributed by atoms with van der Waals surface area (Å²) in [6, 6.07) is 0. The first-order valence-corrected chi connectivity index (χ1v) is 9.35. The molecule has 0 rings (SSSR count). The zero-order valence-corrected chi connectivity index (χ0v) is 15.9. The van der Waals surface area contributed by atoms with Crippen LogP contribution in [0, 0.1) is 5.92 Å². The third-order valence-corrected chi connectivity index (χ3v) is 4.16. The standard InChI is InChI=1S/C18H33N3O4/c1-4-6-7-8-9-10-11-12-13-15(22)17(18(23)25-5-2)16(24-3)14-20-21-19/h16-17H,4-14H2,1-3H3. The van der Waals surface area contributed by atoms with Gasteiger partial charge in [-0.05, 0) is 18.9 Å². The van der Waals surface area contributed by atoms with Crippen molar-refractivity contribution in [2.45, 2.75) is 77.7 Å². The molecule has 0 aromatic carbocycles. The summed E-state index contributed by atoms with van der Waals surface area (Å²) in [6.45, 7) is 4.01. The molecule has 0 bridgehead atoms. The van der Waals surface area contributed by atoms with Gasteiger partial charge in [0.15, 0.2) is 0 Å². The molecule has 0 radical (unpaired) electrons. The lowest BCUT2D eigenvalue weighted by atomic mass is 9.93. The van der Waals surface area contributed by atoms with Gasteiger partial charge >= 0.3 is 5.97 Å². The minimum Gasteiger partial charge on any atom is -0.465 e. The number of rotatable bonds is 16. The van der Waals surface area contributed by atoms with Gasteiger partial charge in [0.2, 0.25) is 0 Å². The number of nitrogens with zero attached hydrogens (tertiary/aromatic N) is 3. The maximum atomic E-state index is 12.5. The van der Waals surface area contributed by atoms with Gasteiger partial charge in [0.25, 0.3) is 0 Å². The number of carbonyl (C=O) groups is 2. The van der Waals surface area contributed by atoms with Crippen molar-refractivity contribution < 1.29 is 19.1 Å². The van der Waals surface area contributed by atoms with E-state index in [2.05, 4.69) is 16.9 Å². The molecule has 0 spiro atoms. The Hall–Kier alpha value is -1.59. The van der Waals surface area contributed by atoms with Gasteiger partial charge in [-0.15, -0.1) is 0 Å². The summed E-state index contributed by atoms with van der Waals surface area (Å²) in [7, 11) is 1.40. The number of carbonyl (C=O) groups excluding carboxylic acids is 2. The van der Waals surface area contributed by atoms with E-state index in [1.54, 1.807) is 6.92 Å². The Bertz CT molecular complexity index is 423. The van der Waals surface area contributed by atoms with Crippen LogP contribution in [0.25, 0.3) is 10.4 Å². The Morgan fingerprint density at radius 3 is 2.16 bits per heavy atom. The van der Waals surface area contributed by atoms with E-state index in [9.17, 15) is 9.59 Å². The maximum Gasteiger partial charge on any atom is 0.319 e. The van der Waals surface area contributed by atoms with Gasteiger partial charge in [-0.1, -0.05) is 57.0 Å². The molecule has 0 aliphatic heterocycles. The molecule has 7 heteroatoms. The Labute approximate surface area is 151 Å². The van der Waals surface area contributed by atoms with Crippen molar-refractivity contribution in [3.05, 3.63) is 10.4 Å². The van der Waals surface area contributed by atoms with E-state index in [0.717, 1.165) is 19.3 Å². The number of esters is 1. The van der Waals surface area contributed by atoms with Crippen LogP contribution >= 0.6 is 0 Å². The summed E-state index contributed by atoms with van der Waals surface area (Å²) in [5.74, 6) is -1.84. The van der Waals surface area contributed by atoms with Crippen molar-refractivity contribution in [3.8, 4) is 0 Å². The fourth-order valence-electron chi connectivity index (χ4n) is 2.74. The van der Waals surface area contributed by atoms with Crippen molar-refractivity contribution in [1.29, 1.82) is 0 Å². The Balaban J connectivity index is 4.42. The molecule has 2 unspecified atom stereocenters. The third kappa shape index (κ3) is 10.8. The summed E-state index contributed by atoms with van der Waals surface area (Å²) in [5, 5.41) is 3.43. The number of Topliss-reactive ketones (excluding diaryl/α,β-unsaturated/α-hetero) is 1. The highest BCUT2D eigenvalue weighted by atomic mass is 16.5. The highest BCUT2D eigenvalue weighted by Gasteiger charge is 2.35. The van der Waals surface area contributed by atoms with Gasteiger partial charge in [-0.2, -0.15) is 0 Å². The quantitative estimate of drug-likeness (QED) is 0.101. The second-order valence-corrected chi connectivity index (χ2v) is 6.11. The van der Waals surface area contributed by atoms with Gasteiger partial charge in [0.05, 0.1) is 19.3 Å². The van der Waals surface area contributed by atoms with E-state index in [1.165, 1.54) is 39.2 Å². The molecule has 0 saturated carbocycles. The number of ether oxygens (including phenoxy) is 2. The topological polar surface area (TPSA) is 101 Å². The van der Waals surface area contributed by atoms with Crippen molar-refractivity contribution in [2.75, 3.05) is 20.3 Å².